The maximum Gasteiger partial charge on any atom is 0.335 e. The van der Waals surface area contributed by atoms with Gasteiger partial charge in [0, 0.05) is 12.1 Å². The number of benzene rings is 2. The molecule has 6 nitrogen and oxygen atoms in total. The number of fused-ring (bicyclic) bond motifs is 2. The molecule has 0 spiro atoms. The number of carboxylic acid groups (broad SMARTS) is 1. The Morgan fingerprint density at radius 3 is 2.65 bits per heavy atom. The summed E-state index contributed by atoms with van der Waals surface area (Å²) >= 11 is -1.26. The lowest BCUT2D eigenvalue weighted by Crippen LogP contribution is -2.10. The van der Waals surface area contributed by atoms with Crippen molar-refractivity contribution in [2.75, 3.05) is 12.4 Å². The van der Waals surface area contributed by atoms with E-state index in [0.29, 0.717) is 23.0 Å². The Morgan fingerprint density at radius 2 is 2.00 bits per heavy atom. The minimum Gasteiger partial charge on any atom is -0.611 e. The predicted octanol–water partition coefficient (Wildman–Crippen LogP) is 3.56. The van der Waals surface area contributed by atoms with Crippen molar-refractivity contribution in [3.05, 3.63) is 46.1 Å². The number of ether oxygens (including phenoxy) is 1. The molecule has 0 aliphatic rings. The van der Waals surface area contributed by atoms with E-state index >= 15 is 0 Å². The summed E-state index contributed by atoms with van der Waals surface area (Å²) < 4.78 is 23.8. The number of rotatable bonds is 6. The van der Waals surface area contributed by atoms with E-state index in [2.05, 4.69) is 0 Å². The molecule has 1 N–H and O–H groups in total. The average molecular weight is 374 g/mol. The Labute approximate surface area is 152 Å². The number of carbonyl (C=O) groups is 1. The molecule has 136 valence electrons. The van der Waals surface area contributed by atoms with Gasteiger partial charge >= 0.3 is 5.97 Å². The highest BCUT2D eigenvalue weighted by Crippen LogP contribution is 2.31. The van der Waals surface area contributed by atoms with Crippen LogP contribution in [0.2, 0.25) is 0 Å². The van der Waals surface area contributed by atoms with E-state index in [-0.39, 0.29) is 32.9 Å². The largest absolute Gasteiger partial charge is 0.611 e. The molecule has 0 saturated heterocycles. The van der Waals surface area contributed by atoms with Gasteiger partial charge in [-0.25, -0.2) is 4.79 Å². The smallest absolute Gasteiger partial charge is 0.335 e. The molecule has 1 unspecified atom stereocenters. The van der Waals surface area contributed by atoms with Gasteiger partial charge in [-0.2, -0.15) is 0 Å². The van der Waals surface area contributed by atoms with Gasteiger partial charge in [-0.1, -0.05) is 6.92 Å². The predicted molar refractivity (Wildman–Crippen MR) is 99.7 cm³/mol. The molecule has 3 rings (SSSR count). The first kappa shape index (κ1) is 18.3. The lowest BCUT2D eigenvalue weighted by atomic mass is 10.1. The first-order valence-electron chi connectivity index (χ1n) is 8.25. The molecule has 0 amide bonds. The van der Waals surface area contributed by atoms with Crippen LogP contribution in [-0.2, 0) is 11.2 Å². The summed E-state index contributed by atoms with van der Waals surface area (Å²) in [5.74, 6) is -0.302. The summed E-state index contributed by atoms with van der Waals surface area (Å²) in [4.78, 5) is 24.6. The summed E-state index contributed by atoms with van der Waals surface area (Å²) in [6.07, 6.45) is 0.739. The first-order chi connectivity index (χ1) is 12.5. The summed E-state index contributed by atoms with van der Waals surface area (Å²) in [6.45, 7) is 4.09. The van der Waals surface area contributed by atoms with Crippen LogP contribution in [0.25, 0.3) is 21.9 Å². The van der Waals surface area contributed by atoms with Gasteiger partial charge < -0.3 is 18.8 Å². The zero-order valence-corrected chi connectivity index (χ0v) is 15.2. The van der Waals surface area contributed by atoms with Crippen molar-refractivity contribution in [1.29, 1.82) is 0 Å². The SMILES string of the molecule is CCC[S+]([O-])c1cc(OCC)c2oc3ccc(C(=O)O)cc3c(=O)c2c1. The van der Waals surface area contributed by atoms with Crippen LogP contribution in [0.5, 0.6) is 5.75 Å². The summed E-state index contributed by atoms with van der Waals surface area (Å²) in [7, 11) is 0. The third-order valence-electron chi connectivity index (χ3n) is 3.91. The molecule has 7 heteroatoms. The normalized spacial score (nSPS) is 12.4. The fraction of sp³-hybridized carbons (Fsp3) is 0.263. The maximum absolute atomic E-state index is 12.9. The zero-order chi connectivity index (χ0) is 18.8. The number of carboxylic acids is 1. The summed E-state index contributed by atoms with van der Waals surface area (Å²) in [5, 5.41) is 9.54. The van der Waals surface area contributed by atoms with E-state index in [1.165, 1.54) is 18.2 Å². The van der Waals surface area contributed by atoms with E-state index in [1.807, 2.05) is 6.92 Å². The molecule has 0 aliphatic carbocycles. The monoisotopic (exact) mass is 374 g/mol. The maximum atomic E-state index is 12.9. The van der Waals surface area contributed by atoms with Gasteiger partial charge in [-0.3, -0.25) is 4.79 Å². The van der Waals surface area contributed by atoms with Crippen LogP contribution in [-0.4, -0.2) is 28.0 Å². The molecule has 0 aliphatic heterocycles. The van der Waals surface area contributed by atoms with Crippen LogP contribution in [0.3, 0.4) is 0 Å². The van der Waals surface area contributed by atoms with Crippen LogP contribution in [0.4, 0.5) is 0 Å². The molecule has 2 aromatic carbocycles. The van der Waals surface area contributed by atoms with Gasteiger partial charge in [0.1, 0.15) is 11.3 Å². The van der Waals surface area contributed by atoms with Crippen LogP contribution in [0, 0.1) is 0 Å². The van der Waals surface area contributed by atoms with Crippen molar-refractivity contribution in [2.24, 2.45) is 0 Å². The second-order valence-corrected chi connectivity index (χ2v) is 7.30. The van der Waals surface area contributed by atoms with Crippen molar-refractivity contribution in [2.45, 2.75) is 25.2 Å². The fourth-order valence-corrected chi connectivity index (χ4v) is 3.83. The molecule has 1 aromatic heterocycles. The van der Waals surface area contributed by atoms with Gasteiger partial charge in [-0.15, -0.1) is 0 Å². The van der Waals surface area contributed by atoms with Crippen molar-refractivity contribution in [1.82, 2.24) is 0 Å². The van der Waals surface area contributed by atoms with Crippen LogP contribution in [0.15, 0.2) is 44.4 Å². The Bertz CT molecular complexity index is 1040. The van der Waals surface area contributed by atoms with Gasteiger partial charge in [-0.05, 0) is 42.7 Å². The topological polar surface area (TPSA) is 99.8 Å². The van der Waals surface area contributed by atoms with Gasteiger partial charge in [0.25, 0.3) is 0 Å². The molecular formula is C19H18O6S. The second-order valence-electron chi connectivity index (χ2n) is 5.73. The van der Waals surface area contributed by atoms with Gasteiger partial charge in [0.15, 0.2) is 16.2 Å². The number of hydrogen-bond acceptors (Lipinski definition) is 5. The third kappa shape index (κ3) is 3.27. The molecule has 3 aromatic rings. The van der Waals surface area contributed by atoms with Crippen molar-refractivity contribution in [3.8, 4) is 5.75 Å². The Morgan fingerprint density at radius 1 is 1.23 bits per heavy atom. The van der Waals surface area contributed by atoms with Gasteiger partial charge in [0.2, 0.25) is 5.43 Å². The van der Waals surface area contributed by atoms with Crippen LogP contribution >= 0.6 is 0 Å². The standard InChI is InChI=1S/C19H18O6S/c1-3-7-26(23)12-9-14-17(20)13-8-11(19(21)22)5-6-15(13)25-18(14)16(10-12)24-4-2/h5-6,8-10H,3-4,7H2,1-2H3,(H,21,22). The van der Waals surface area contributed by atoms with E-state index in [1.54, 1.807) is 19.1 Å². The highest BCUT2D eigenvalue weighted by atomic mass is 32.2. The molecule has 0 fully saturated rings. The molecule has 1 atom stereocenters. The molecule has 26 heavy (non-hydrogen) atoms. The van der Waals surface area contributed by atoms with E-state index in [4.69, 9.17) is 14.3 Å². The van der Waals surface area contributed by atoms with E-state index in [9.17, 15) is 14.1 Å². The highest BCUT2D eigenvalue weighted by Gasteiger charge is 2.20. The third-order valence-corrected chi connectivity index (χ3v) is 5.45. The Hall–Kier alpha value is -2.51. The minimum atomic E-state index is -1.26. The molecular weight excluding hydrogens is 356 g/mol. The van der Waals surface area contributed by atoms with Crippen LogP contribution < -0.4 is 10.2 Å². The molecule has 0 radical (unpaired) electrons. The zero-order valence-electron chi connectivity index (χ0n) is 14.4. The first-order valence-corrected chi connectivity index (χ1v) is 9.57. The van der Waals surface area contributed by atoms with Gasteiger partial charge in [0.05, 0.1) is 22.9 Å². The number of aromatic carboxylic acids is 1. The second kappa shape index (κ2) is 7.39. The minimum absolute atomic E-state index is 0.0000966. The fourth-order valence-electron chi connectivity index (χ4n) is 2.73. The molecule has 0 bridgehead atoms. The summed E-state index contributed by atoms with van der Waals surface area (Å²) in [5.41, 5.74) is 0.168. The van der Waals surface area contributed by atoms with E-state index < -0.39 is 17.1 Å². The Kier molecular flexibility index (Phi) is 5.20. The Balaban J connectivity index is 2.34. The van der Waals surface area contributed by atoms with Crippen molar-refractivity contribution in [3.63, 3.8) is 0 Å². The lowest BCUT2D eigenvalue weighted by molar-refractivity contribution is 0.0697. The quantitative estimate of drug-likeness (QED) is 0.523. The lowest BCUT2D eigenvalue weighted by Gasteiger charge is -2.13. The molecule has 0 saturated carbocycles. The number of hydrogen-bond donors (Lipinski definition) is 1. The van der Waals surface area contributed by atoms with E-state index in [0.717, 1.165) is 6.42 Å². The van der Waals surface area contributed by atoms with Crippen molar-refractivity contribution < 1.29 is 23.6 Å². The highest BCUT2D eigenvalue weighted by molar-refractivity contribution is 7.91. The van der Waals surface area contributed by atoms with Crippen molar-refractivity contribution >= 4 is 39.1 Å². The summed E-state index contributed by atoms with van der Waals surface area (Å²) in [6, 6.07) is 7.31. The van der Waals surface area contributed by atoms with Crippen LogP contribution in [0.1, 0.15) is 30.6 Å². The average Bonchev–Trinajstić information content (AvgIpc) is 2.62. The molecule has 1 heterocycles.